The van der Waals surface area contributed by atoms with Crippen molar-refractivity contribution in [2.45, 2.75) is 31.9 Å². The Labute approximate surface area is 94.7 Å². The summed E-state index contributed by atoms with van der Waals surface area (Å²) in [5.74, 6) is -1.72. The molecule has 1 atom stereocenters. The van der Waals surface area contributed by atoms with Crippen LogP contribution in [-0.4, -0.2) is 49.1 Å². The number of esters is 1. The summed E-state index contributed by atoms with van der Waals surface area (Å²) in [6.45, 7) is 2.41. The van der Waals surface area contributed by atoms with Crippen LogP contribution in [0.3, 0.4) is 0 Å². The molecule has 0 aromatic heterocycles. The smallest absolute Gasteiger partial charge is 0.351 e. The summed E-state index contributed by atoms with van der Waals surface area (Å²) in [7, 11) is 1.74. The van der Waals surface area contributed by atoms with E-state index in [2.05, 4.69) is 4.74 Å². The van der Waals surface area contributed by atoms with Crippen molar-refractivity contribution >= 4 is 11.8 Å². The van der Waals surface area contributed by atoms with E-state index in [4.69, 9.17) is 0 Å². The molecule has 0 N–H and O–H groups in total. The van der Waals surface area contributed by atoms with E-state index in [-0.39, 0.29) is 19.6 Å². The Bertz CT molecular complexity index is 282. The van der Waals surface area contributed by atoms with Crippen molar-refractivity contribution in [3.05, 3.63) is 0 Å². The molecule has 1 aliphatic heterocycles. The van der Waals surface area contributed by atoms with Gasteiger partial charge in [-0.15, -0.1) is 0 Å². The summed E-state index contributed by atoms with van der Waals surface area (Å²) in [6, 6.07) is 0. The predicted molar refractivity (Wildman–Crippen MR) is 56.8 cm³/mol. The molecule has 1 rings (SSSR count). The Balaban J connectivity index is 2.80. The maximum atomic E-state index is 14.3. The number of carbonyl (C=O) groups is 2. The number of halogens is 1. The van der Waals surface area contributed by atoms with Gasteiger partial charge in [0.05, 0.1) is 13.2 Å². The monoisotopic (exact) mass is 231 g/mol. The molecule has 0 amide bonds. The molecule has 0 aliphatic carbocycles. The standard InChI is InChI=1S/C11H18FNO3/c1-3-16-10(15)11(12)6-4-5-7-13(2)8-9(11)14/h3-8H2,1-2H3. The SMILES string of the molecule is CCOC(=O)C1(F)CCCCN(C)CC1=O. The van der Waals surface area contributed by atoms with Gasteiger partial charge in [0.25, 0.3) is 5.67 Å². The van der Waals surface area contributed by atoms with Crippen LogP contribution in [-0.2, 0) is 14.3 Å². The lowest BCUT2D eigenvalue weighted by Gasteiger charge is -2.27. The molecule has 0 saturated carbocycles. The molecule has 1 saturated heterocycles. The van der Waals surface area contributed by atoms with Gasteiger partial charge in [0.2, 0.25) is 0 Å². The topological polar surface area (TPSA) is 46.6 Å². The second-order valence-electron chi connectivity index (χ2n) is 4.14. The highest BCUT2D eigenvalue weighted by Crippen LogP contribution is 2.25. The van der Waals surface area contributed by atoms with E-state index in [9.17, 15) is 14.0 Å². The number of hydrogen-bond acceptors (Lipinski definition) is 4. The maximum absolute atomic E-state index is 14.3. The molecule has 5 heteroatoms. The first-order chi connectivity index (χ1) is 7.50. The molecular weight excluding hydrogens is 213 g/mol. The number of ketones is 1. The van der Waals surface area contributed by atoms with E-state index in [1.54, 1.807) is 18.9 Å². The summed E-state index contributed by atoms with van der Waals surface area (Å²) in [5, 5.41) is 0. The maximum Gasteiger partial charge on any atom is 0.351 e. The van der Waals surface area contributed by atoms with Gasteiger partial charge in [-0.3, -0.25) is 9.69 Å². The summed E-state index contributed by atoms with van der Waals surface area (Å²) < 4.78 is 18.9. The second-order valence-corrected chi connectivity index (χ2v) is 4.14. The Kier molecular flexibility index (Phi) is 4.41. The van der Waals surface area contributed by atoms with Crippen molar-refractivity contribution in [3.63, 3.8) is 0 Å². The first-order valence-electron chi connectivity index (χ1n) is 5.58. The molecule has 1 aliphatic rings. The van der Waals surface area contributed by atoms with E-state index < -0.39 is 17.4 Å². The van der Waals surface area contributed by atoms with E-state index >= 15 is 0 Å². The minimum absolute atomic E-state index is 0.0324. The van der Waals surface area contributed by atoms with Gasteiger partial charge in [0.15, 0.2) is 5.78 Å². The van der Waals surface area contributed by atoms with Gasteiger partial charge in [-0.1, -0.05) is 0 Å². The fraction of sp³-hybridized carbons (Fsp3) is 0.818. The minimum atomic E-state index is -2.44. The third-order valence-electron chi connectivity index (χ3n) is 2.77. The highest BCUT2D eigenvalue weighted by molar-refractivity contribution is 6.08. The molecule has 16 heavy (non-hydrogen) atoms. The van der Waals surface area contributed by atoms with Crippen molar-refractivity contribution in [3.8, 4) is 0 Å². The van der Waals surface area contributed by atoms with Gasteiger partial charge in [0.1, 0.15) is 0 Å². The first kappa shape index (κ1) is 13.1. The Morgan fingerprint density at radius 2 is 2.25 bits per heavy atom. The summed E-state index contributed by atoms with van der Waals surface area (Å²) in [6.07, 6.45) is 1.25. The van der Waals surface area contributed by atoms with Gasteiger partial charge >= 0.3 is 5.97 Å². The summed E-state index contributed by atoms with van der Waals surface area (Å²) >= 11 is 0. The van der Waals surface area contributed by atoms with Crippen LogP contribution in [0.4, 0.5) is 4.39 Å². The van der Waals surface area contributed by atoms with Crippen LogP contribution in [0.1, 0.15) is 26.2 Å². The molecule has 0 spiro atoms. The fourth-order valence-electron chi connectivity index (χ4n) is 1.80. The Morgan fingerprint density at radius 3 is 2.88 bits per heavy atom. The normalized spacial score (nSPS) is 28.3. The van der Waals surface area contributed by atoms with Crippen molar-refractivity contribution in [1.29, 1.82) is 0 Å². The van der Waals surface area contributed by atoms with E-state index in [1.165, 1.54) is 0 Å². The van der Waals surface area contributed by atoms with Gasteiger partial charge in [-0.05, 0) is 39.8 Å². The number of rotatable bonds is 2. The quantitative estimate of drug-likeness (QED) is 0.524. The lowest BCUT2D eigenvalue weighted by atomic mass is 9.91. The zero-order valence-electron chi connectivity index (χ0n) is 9.79. The molecule has 1 heterocycles. The number of ether oxygens (including phenoxy) is 1. The average Bonchev–Trinajstić information content (AvgIpc) is 2.22. The molecule has 0 bridgehead atoms. The summed E-state index contributed by atoms with van der Waals surface area (Å²) in [4.78, 5) is 24.9. The number of likely N-dealkylation sites (tertiary alicyclic amines) is 1. The largest absolute Gasteiger partial charge is 0.463 e. The minimum Gasteiger partial charge on any atom is -0.463 e. The van der Waals surface area contributed by atoms with Crippen molar-refractivity contribution in [2.75, 3.05) is 26.7 Å². The average molecular weight is 231 g/mol. The number of alkyl halides is 1. The molecule has 4 nitrogen and oxygen atoms in total. The van der Waals surface area contributed by atoms with Gasteiger partial charge in [-0.2, -0.15) is 0 Å². The van der Waals surface area contributed by atoms with Crippen LogP contribution < -0.4 is 0 Å². The Hall–Kier alpha value is -0.970. The van der Waals surface area contributed by atoms with Crippen molar-refractivity contribution in [2.24, 2.45) is 0 Å². The number of Topliss-reactive ketones (excluding diaryl/α,β-unsaturated/α-hetero) is 1. The van der Waals surface area contributed by atoms with Crippen LogP contribution in [0.15, 0.2) is 0 Å². The molecule has 0 aromatic carbocycles. The number of hydrogen-bond donors (Lipinski definition) is 0. The lowest BCUT2D eigenvalue weighted by Crippen LogP contribution is -2.49. The first-order valence-corrected chi connectivity index (χ1v) is 5.58. The zero-order chi connectivity index (χ0) is 12.2. The molecule has 1 fully saturated rings. The van der Waals surface area contributed by atoms with Crippen molar-refractivity contribution in [1.82, 2.24) is 4.90 Å². The lowest BCUT2D eigenvalue weighted by molar-refractivity contribution is -0.163. The second kappa shape index (κ2) is 5.39. The molecular formula is C11H18FNO3. The molecule has 92 valence electrons. The van der Waals surface area contributed by atoms with E-state index in [0.717, 1.165) is 13.0 Å². The van der Waals surface area contributed by atoms with Crippen LogP contribution >= 0.6 is 0 Å². The van der Waals surface area contributed by atoms with Crippen LogP contribution in [0.2, 0.25) is 0 Å². The van der Waals surface area contributed by atoms with Crippen LogP contribution in [0.5, 0.6) is 0 Å². The molecule has 0 aromatic rings. The predicted octanol–water partition coefficient (Wildman–Crippen LogP) is 0.943. The van der Waals surface area contributed by atoms with Gasteiger partial charge < -0.3 is 4.74 Å². The van der Waals surface area contributed by atoms with Crippen molar-refractivity contribution < 1.29 is 18.7 Å². The van der Waals surface area contributed by atoms with Gasteiger partial charge in [-0.25, -0.2) is 9.18 Å². The van der Waals surface area contributed by atoms with Gasteiger partial charge in [0, 0.05) is 0 Å². The highest BCUT2D eigenvalue weighted by atomic mass is 19.1. The third-order valence-corrected chi connectivity index (χ3v) is 2.77. The van der Waals surface area contributed by atoms with E-state index in [0.29, 0.717) is 6.42 Å². The highest BCUT2D eigenvalue weighted by Gasteiger charge is 2.47. The van der Waals surface area contributed by atoms with Crippen LogP contribution in [0.25, 0.3) is 0 Å². The molecule has 0 radical (unpaired) electrons. The number of likely N-dealkylation sites (N-methyl/N-ethyl adjacent to an activating group) is 1. The van der Waals surface area contributed by atoms with E-state index in [1.807, 2.05) is 0 Å². The Morgan fingerprint density at radius 1 is 1.56 bits per heavy atom. The fourth-order valence-corrected chi connectivity index (χ4v) is 1.80. The number of carbonyl (C=O) groups excluding carboxylic acids is 2. The molecule has 1 unspecified atom stereocenters. The third kappa shape index (κ3) is 2.78. The van der Waals surface area contributed by atoms with Crippen LogP contribution in [0, 0.1) is 0 Å². The zero-order valence-corrected chi connectivity index (χ0v) is 9.79. The summed E-state index contributed by atoms with van der Waals surface area (Å²) in [5.41, 5.74) is -2.44. The number of nitrogens with zero attached hydrogens (tertiary/aromatic N) is 1.